The predicted molar refractivity (Wildman–Crippen MR) is 72.0 cm³/mol. The van der Waals surface area contributed by atoms with Crippen molar-refractivity contribution in [2.75, 3.05) is 0 Å². The molecule has 0 aliphatic heterocycles. The van der Waals surface area contributed by atoms with E-state index in [1.165, 1.54) is 12.3 Å². The van der Waals surface area contributed by atoms with Crippen molar-refractivity contribution in [3.05, 3.63) is 57.7 Å². The third kappa shape index (κ3) is 3.36. The van der Waals surface area contributed by atoms with Crippen molar-refractivity contribution in [2.45, 2.75) is 6.61 Å². The minimum absolute atomic E-state index is 0.0102. The van der Waals surface area contributed by atoms with Gasteiger partial charge in [-0.15, -0.1) is 0 Å². The van der Waals surface area contributed by atoms with Gasteiger partial charge in [0.2, 0.25) is 5.88 Å². The van der Waals surface area contributed by atoms with Crippen molar-refractivity contribution in [2.24, 2.45) is 0 Å². The highest BCUT2D eigenvalue weighted by atomic mass is 35.5. The zero-order valence-corrected chi connectivity index (χ0v) is 11.1. The summed E-state index contributed by atoms with van der Waals surface area (Å²) in [6.07, 6.45) is 1.34. The molecule has 1 aromatic heterocycles. The normalized spacial score (nSPS) is 10.2. The molecule has 1 N–H and O–H groups in total. The second kappa shape index (κ2) is 5.91. The first-order valence-corrected chi connectivity index (χ1v) is 6.08. The fraction of sp³-hybridized carbons (Fsp3) is 0.0769. The molecule has 0 saturated carbocycles. The number of nitrogens with zero attached hydrogens (tertiary/aromatic N) is 1. The molecule has 2 aromatic rings. The molecule has 0 saturated heterocycles. The van der Waals surface area contributed by atoms with E-state index in [1.54, 1.807) is 24.3 Å². The Balaban J connectivity index is 2.13. The first-order chi connectivity index (χ1) is 9.08. The van der Waals surface area contributed by atoms with Gasteiger partial charge in [0.15, 0.2) is 0 Å². The van der Waals surface area contributed by atoms with Crippen molar-refractivity contribution in [3.63, 3.8) is 0 Å². The summed E-state index contributed by atoms with van der Waals surface area (Å²) in [5.74, 6) is -1.03. The lowest BCUT2D eigenvalue weighted by atomic mass is 10.2. The molecule has 1 heterocycles. The molecule has 19 heavy (non-hydrogen) atoms. The van der Waals surface area contributed by atoms with Crippen LogP contribution in [0.4, 0.5) is 0 Å². The number of halogens is 2. The molecule has 2 rings (SSSR count). The summed E-state index contributed by atoms with van der Waals surface area (Å²) in [5, 5.41) is 9.55. The molecule has 0 aliphatic carbocycles. The van der Waals surface area contributed by atoms with Gasteiger partial charge < -0.3 is 9.84 Å². The van der Waals surface area contributed by atoms with Gasteiger partial charge in [0, 0.05) is 11.2 Å². The second-order valence-electron chi connectivity index (χ2n) is 3.70. The third-order valence-electron chi connectivity index (χ3n) is 2.38. The quantitative estimate of drug-likeness (QED) is 0.935. The average Bonchev–Trinajstić information content (AvgIpc) is 2.39. The van der Waals surface area contributed by atoms with Crippen LogP contribution in [-0.4, -0.2) is 16.1 Å². The molecule has 6 heteroatoms. The van der Waals surface area contributed by atoms with Crippen LogP contribution in [-0.2, 0) is 6.61 Å². The molecule has 4 nitrogen and oxygen atoms in total. The number of aromatic carboxylic acids is 1. The predicted octanol–water partition coefficient (Wildman–Crippen LogP) is 3.67. The van der Waals surface area contributed by atoms with Gasteiger partial charge in [-0.1, -0.05) is 35.3 Å². The van der Waals surface area contributed by atoms with Gasteiger partial charge in [0.1, 0.15) is 11.6 Å². The number of rotatable bonds is 4. The lowest BCUT2D eigenvalue weighted by Gasteiger charge is -2.08. The highest BCUT2D eigenvalue weighted by molar-refractivity contribution is 6.34. The maximum atomic E-state index is 10.9. The standard InChI is InChI=1S/C13H9Cl2NO3/c14-9-3-1-8(2-4-9)7-19-12-11(15)10(13(17)18)5-6-16-12/h1-6H,7H2,(H,17,18). The van der Waals surface area contributed by atoms with E-state index in [1.807, 2.05) is 0 Å². The smallest absolute Gasteiger partial charge is 0.337 e. The number of carboxylic acid groups (broad SMARTS) is 1. The summed E-state index contributed by atoms with van der Waals surface area (Å²) >= 11 is 11.7. The maximum Gasteiger partial charge on any atom is 0.337 e. The second-order valence-corrected chi connectivity index (χ2v) is 4.51. The molecule has 0 unspecified atom stereocenters. The van der Waals surface area contributed by atoms with E-state index in [0.717, 1.165) is 5.56 Å². The number of hydrogen-bond acceptors (Lipinski definition) is 3. The van der Waals surface area contributed by atoms with E-state index in [9.17, 15) is 4.79 Å². The van der Waals surface area contributed by atoms with Gasteiger partial charge in [-0.3, -0.25) is 0 Å². The van der Waals surface area contributed by atoms with Crippen LogP contribution in [0.2, 0.25) is 10.0 Å². The monoisotopic (exact) mass is 297 g/mol. The molecule has 0 spiro atoms. The fourth-order valence-corrected chi connectivity index (χ4v) is 1.80. The molecule has 0 bridgehead atoms. The molecular formula is C13H9Cl2NO3. The van der Waals surface area contributed by atoms with Crippen molar-refractivity contribution in [3.8, 4) is 5.88 Å². The fourth-order valence-electron chi connectivity index (χ4n) is 1.42. The van der Waals surface area contributed by atoms with Crippen LogP contribution in [0.1, 0.15) is 15.9 Å². The Hall–Kier alpha value is -1.78. The van der Waals surface area contributed by atoms with Crippen molar-refractivity contribution < 1.29 is 14.6 Å². The molecule has 0 radical (unpaired) electrons. The average molecular weight is 298 g/mol. The topological polar surface area (TPSA) is 59.4 Å². The van der Waals surface area contributed by atoms with Crippen LogP contribution in [0, 0.1) is 0 Å². The first-order valence-electron chi connectivity index (χ1n) is 5.33. The number of carboxylic acids is 1. The van der Waals surface area contributed by atoms with E-state index >= 15 is 0 Å². The number of ether oxygens (including phenoxy) is 1. The number of carbonyl (C=O) groups is 1. The van der Waals surface area contributed by atoms with Gasteiger partial charge in [-0.2, -0.15) is 0 Å². The highest BCUT2D eigenvalue weighted by Gasteiger charge is 2.14. The van der Waals surface area contributed by atoms with Crippen molar-refractivity contribution in [1.29, 1.82) is 0 Å². The summed E-state index contributed by atoms with van der Waals surface area (Å²) in [6.45, 7) is 0.229. The molecule has 0 aliphatic rings. The Labute approximate surface area is 119 Å². The summed E-state index contributed by atoms with van der Waals surface area (Å²) in [5.41, 5.74) is 0.839. The highest BCUT2D eigenvalue weighted by Crippen LogP contribution is 2.26. The van der Waals surface area contributed by atoms with Crippen molar-refractivity contribution >= 4 is 29.2 Å². The Morgan fingerprint density at radius 2 is 1.89 bits per heavy atom. The van der Waals surface area contributed by atoms with Gasteiger partial charge >= 0.3 is 5.97 Å². The SMILES string of the molecule is O=C(O)c1ccnc(OCc2ccc(Cl)cc2)c1Cl. The summed E-state index contributed by atoms with van der Waals surface area (Å²) in [4.78, 5) is 14.8. The molecule has 1 aromatic carbocycles. The van der Waals surface area contributed by atoms with Crippen LogP contribution >= 0.6 is 23.2 Å². The molecule has 98 valence electrons. The van der Waals surface area contributed by atoms with Gasteiger partial charge in [0.25, 0.3) is 0 Å². The molecule has 0 fully saturated rings. The zero-order valence-electron chi connectivity index (χ0n) is 9.64. The van der Waals surface area contributed by atoms with E-state index in [2.05, 4.69) is 4.98 Å². The van der Waals surface area contributed by atoms with E-state index < -0.39 is 5.97 Å². The van der Waals surface area contributed by atoms with Gasteiger partial charge in [-0.05, 0) is 23.8 Å². The Morgan fingerprint density at radius 1 is 1.21 bits per heavy atom. The lowest BCUT2D eigenvalue weighted by Crippen LogP contribution is -2.02. The Bertz CT molecular complexity index is 599. The van der Waals surface area contributed by atoms with Gasteiger partial charge in [-0.25, -0.2) is 9.78 Å². The van der Waals surface area contributed by atoms with E-state index in [4.69, 9.17) is 33.0 Å². The van der Waals surface area contributed by atoms with Crippen LogP contribution in [0.25, 0.3) is 0 Å². The lowest BCUT2D eigenvalue weighted by molar-refractivity contribution is 0.0696. The maximum absolute atomic E-state index is 10.9. The van der Waals surface area contributed by atoms with E-state index in [-0.39, 0.29) is 23.1 Å². The number of benzene rings is 1. The molecular weight excluding hydrogens is 289 g/mol. The minimum Gasteiger partial charge on any atom is -0.478 e. The number of hydrogen-bond donors (Lipinski definition) is 1. The first kappa shape index (κ1) is 13.6. The molecule has 0 amide bonds. The summed E-state index contributed by atoms with van der Waals surface area (Å²) in [6, 6.07) is 8.40. The van der Waals surface area contributed by atoms with Crippen LogP contribution in [0.3, 0.4) is 0 Å². The number of aromatic nitrogens is 1. The van der Waals surface area contributed by atoms with Crippen LogP contribution < -0.4 is 4.74 Å². The van der Waals surface area contributed by atoms with Crippen LogP contribution in [0.5, 0.6) is 5.88 Å². The minimum atomic E-state index is -1.12. The number of pyridine rings is 1. The molecule has 0 atom stereocenters. The third-order valence-corrected chi connectivity index (χ3v) is 2.99. The van der Waals surface area contributed by atoms with E-state index in [0.29, 0.717) is 5.02 Å². The summed E-state index contributed by atoms with van der Waals surface area (Å²) in [7, 11) is 0. The Kier molecular flexibility index (Phi) is 4.24. The largest absolute Gasteiger partial charge is 0.478 e. The van der Waals surface area contributed by atoms with Crippen LogP contribution in [0.15, 0.2) is 36.5 Å². The summed E-state index contributed by atoms with van der Waals surface area (Å²) < 4.78 is 5.40. The zero-order chi connectivity index (χ0) is 13.8. The Morgan fingerprint density at radius 3 is 2.53 bits per heavy atom. The van der Waals surface area contributed by atoms with Crippen molar-refractivity contribution in [1.82, 2.24) is 4.98 Å². The van der Waals surface area contributed by atoms with Gasteiger partial charge in [0.05, 0.1) is 5.56 Å².